The van der Waals surface area contributed by atoms with E-state index in [-0.39, 0.29) is 21.5 Å². The average Bonchev–Trinajstić information content (AvgIpc) is 2.79. The molecular formula is C12H8Cl2N2O4. The van der Waals surface area contributed by atoms with Gasteiger partial charge in [0.2, 0.25) is 5.22 Å². The highest BCUT2D eigenvalue weighted by molar-refractivity contribution is 6.33. The van der Waals surface area contributed by atoms with Crippen LogP contribution in [-0.2, 0) is 0 Å². The van der Waals surface area contributed by atoms with Crippen molar-refractivity contribution < 1.29 is 14.1 Å². The van der Waals surface area contributed by atoms with Gasteiger partial charge >= 0.3 is 0 Å². The first-order valence-electron chi connectivity index (χ1n) is 5.39. The molecule has 0 unspecified atom stereocenters. The van der Waals surface area contributed by atoms with Gasteiger partial charge in [-0.05, 0) is 36.2 Å². The maximum atomic E-state index is 11.9. The second-order valence-electron chi connectivity index (χ2n) is 3.94. The number of hydrogen-bond acceptors (Lipinski definition) is 4. The number of benzene rings is 1. The van der Waals surface area contributed by atoms with Crippen LogP contribution in [0.1, 0.15) is 15.9 Å². The van der Waals surface area contributed by atoms with Crippen molar-refractivity contribution in [1.82, 2.24) is 0 Å². The third kappa shape index (κ3) is 2.76. The maximum Gasteiger partial charge on any atom is 0.288 e. The number of nitrogens with one attached hydrogen (secondary N) is 1. The van der Waals surface area contributed by atoms with Crippen LogP contribution in [0.15, 0.2) is 28.9 Å². The van der Waals surface area contributed by atoms with Crippen molar-refractivity contribution in [3.63, 3.8) is 0 Å². The molecule has 0 saturated heterocycles. The summed E-state index contributed by atoms with van der Waals surface area (Å²) in [5, 5.41) is 13.2. The van der Waals surface area contributed by atoms with Gasteiger partial charge in [0.25, 0.3) is 11.6 Å². The van der Waals surface area contributed by atoms with E-state index in [1.54, 1.807) is 6.92 Å². The van der Waals surface area contributed by atoms with Crippen LogP contribution in [0.3, 0.4) is 0 Å². The molecule has 2 aromatic rings. The van der Waals surface area contributed by atoms with Gasteiger partial charge in [-0.15, -0.1) is 0 Å². The minimum atomic E-state index is -0.589. The third-order valence-corrected chi connectivity index (χ3v) is 3.20. The molecule has 1 aromatic heterocycles. The third-order valence-electron chi connectivity index (χ3n) is 2.60. The predicted octanol–water partition coefficient (Wildman–Crippen LogP) is 4.06. The quantitative estimate of drug-likeness (QED) is 0.684. The molecule has 0 atom stereocenters. The first kappa shape index (κ1) is 14.4. The van der Waals surface area contributed by atoms with Crippen LogP contribution in [0.25, 0.3) is 0 Å². The molecule has 2 rings (SSSR count). The van der Waals surface area contributed by atoms with Crippen molar-refractivity contribution in [2.45, 2.75) is 6.92 Å². The van der Waals surface area contributed by atoms with E-state index in [1.165, 1.54) is 24.5 Å². The van der Waals surface area contributed by atoms with Crippen LogP contribution in [0.4, 0.5) is 11.4 Å². The molecule has 0 saturated carbocycles. The molecular weight excluding hydrogens is 307 g/mol. The SMILES string of the molecule is Cc1cc([N+](=O)[O-])c(Cl)cc1NC(=O)c1ccoc1Cl. The van der Waals surface area contributed by atoms with Gasteiger partial charge < -0.3 is 9.73 Å². The number of carbonyl (C=O) groups excluding carboxylic acids is 1. The van der Waals surface area contributed by atoms with E-state index in [9.17, 15) is 14.9 Å². The Hall–Kier alpha value is -2.05. The van der Waals surface area contributed by atoms with Gasteiger partial charge in [-0.3, -0.25) is 14.9 Å². The Morgan fingerprint density at radius 1 is 1.40 bits per heavy atom. The summed E-state index contributed by atoms with van der Waals surface area (Å²) in [4.78, 5) is 22.1. The zero-order valence-electron chi connectivity index (χ0n) is 10.1. The van der Waals surface area contributed by atoms with Gasteiger partial charge in [-0.25, -0.2) is 0 Å². The first-order valence-corrected chi connectivity index (χ1v) is 6.14. The topological polar surface area (TPSA) is 85.4 Å². The van der Waals surface area contributed by atoms with Crippen molar-refractivity contribution in [2.75, 3.05) is 5.32 Å². The summed E-state index contributed by atoms with van der Waals surface area (Å²) in [6, 6.07) is 4.02. The Morgan fingerprint density at radius 2 is 2.10 bits per heavy atom. The highest BCUT2D eigenvalue weighted by Gasteiger charge is 2.18. The van der Waals surface area contributed by atoms with E-state index in [0.717, 1.165) is 0 Å². The summed E-state index contributed by atoms with van der Waals surface area (Å²) in [5.74, 6) is -0.489. The fourth-order valence-electron chi connectivity index (χ4n) is 1.59. The number of amides is 1. The number of nitro groups is 1. The summed E-state index contributed by atoms with van der Waals surface area (Å²) < 4.78 is 4.82. The Kier molecular flexibility index (Phi) is 3.96. The molecule has 1 aromatic carbocycles. The van der Waals surface area contributed by atoms with E-state index in [0.29, 0.717) is 11.3 Å². The summed E-state index contributed by atoms with van der Waals surface area (Å²) in [7, 11) is 0. The summed E-state index contributed by atoms with van der Waals surface area (Å²) >= 11 is 11.5. The van der Waals surface area contributed by atoms with Crippen LogP contribution in [0.2, 0.25) is 10.2 Å². The Bertz CT molecular complexity index is 697. The van der Waals surface area contributed by atoms with E-state index >= 15 is 0 Å². The molecule has 6 nitrogen and oxygen atoms in total. The Labute approximate surface area is 123 Å². The fourth-order valence-corrected chi connectivity index (χ4v) is 2.02. The molecule has 1 N–H and O–H groups in total. The number of rotatable bonds is 3. The molecule has 20 heavy (non-hydrogen) atoms. The monoisotopic (exact) mass is 314 g/mol. The molecule has 0 aliphatic rings. The second-order valence-corrected chi connectivity index (χ2v) is 4.69. The normalized spacial score (nSPS) is 10.3. The van der Waals surface area contributed by atoms with Crippen LogP contribution in [0, 0.1) is 17.0 Å². The standard InChI is InChI=1S/C12H8Cl2N2O4/c1-6-4-10(16(18)19)8(13)5-9(6)15-12(17)7-2-3-20-11(7)14/h2-5H,1H3,(H,15,17). The van der Waals surface area contributed by atoms with Crippen LogP contribution < -0.4 is 5.32 Å². The number of nitrogens with zero attached hydrogens (tertiary/aromatic N) is 1. The fraction of sp³-hybridized carbons (Fsp3) is 0.0833. The molecule has 0 spiro atoms. The average molecular weight is 315 g/mol. The van der Waals surface area contributed by atoms with Crippen molar-refractivity contribution in [2.24, 2.45) is 0 Å². The molecule has 1 amide bonds. The smallest absolute Gasteiger partial charge is 0.288 e. The van der Waals surface area contributed by atoms with Gasteiger partial charge in [-0.1, -0.05) is 11.6 Å². The molecule has 1 heterocycles. The zero-order valence-corrected chi connectivity index (χ0v) is 11.7. The number of furan rings is 1. The van der Waals surface area contributed by atoms with Gasteiger partial charge in [0.05, 0.1) is 16.7 Å². The number of halogens is 2. The Morgan fingerprint density at radius 3 is 2.65 bits per heavy atom. The van der Waals surface area contributed by atoms with Crippen LogP contribution >= 0.6 is 23.2 Å². The van der Waals surface area contributed by atoms with Crippen LogP contribution in [0.5, 0.6) is 0 Å². The number of anilines is 1. The van der Waals surface area contributed by atoms with Gasteiger partial charge in [-0.2, -0.15) is 0 Å². The maximum absolute atomic E-state index is 11.9. The lowest BCUT2D eigenvalue weighted by atomic mass is 10.1. The number of carbonyl (C=O) groups is 1. The van der Waals surface area contributed by atoms with E-state index in [2.05, 4.69) is 5.32 Å². The van der Waals surface area contributed by atoms with Crippen molar-refractivity contribution in [3.8, 4) is 0 Å². The lowest BCUT2D eigenvalue weighted by Gasteiger charge is -2.08. The molecule has 0 fully saturated rings. The first-order chi connectivity index (χ1) is 9.40. The summed E-state index contributed by atoms with van der Waals surface area (Å²) in [5.41, 5.74) is 0.820. The van der Waals surface area contributed by atoms with Gasteiger partial charge in [0.1, 0.15) is 5.02 Å². The van der Waals surface area contributed by atoms with Gasteiger partial charge in [0.15, 0.2) is 0 Å². The molecule has 0 radical (unpaired) electrons. The number of aryl methyl sites for hydroxylation is 1. The summed E-state index contributed by atoms with van der Waals surface area (Å²) in [6.45, 7) is 1.62. The van der Waals surface area contributed by atoms with Crippen molar-refractivity contribution in [3.05, 3.63) is 55.9 Å². The zero-order chi connectivity index (χ0) is 14.9. The number of hydrogen-bond donors (Lipinski definition) is 1. The highest BCUT2D eigenvalue weighted by Crippen LogP contribution is 2.31. The molecule has 104 valence electrons. The van der Waals surface area contributed by atoms with Gasteiger partial charge in [0, 0.05) is 11.8 Å². The number of nitro benzene ring substituents is 1. The minimum Gasteiger partial charge on any atom is -0.452 e. The molecule has 0 aliphatic carbocycles. The van der Waals surface area contributed by atoms with Crippen molar-refractivity contribution >= 4 is 40.5 Å². The summed E-state index contributed by atoms with van der Waals surface area (Å²) in [6.07, 6.45) is 1.28. The largest absolute Gasteiger partial charge is 0.452 e. The van der Waals surface area contributed by atoms with Crippen LogP contribution in [-0.4, -0.2) is 10.8 Å². The predicted molar refractivity (Wildman–Crippen MR) is 74.5 cm³/mol. The minimum absolute atomic E-state index is 0.0341. The molecule has 0 aliphatic heterocycles. The molecule has 8 heteroatoms. The Balaban J connectivity index is 2.31. The lowest BCUT2D eigenvalue weighted by Crippen LogP contribution is -2.12. The second kappa shape index (κ2) is 5.52. The van der Waals surface area contributed by atoms with Crippen molar-refractivity contribution in [1.29, 1.82) is 0 Å². The van der Waals surface area contributed by atoms with E-state index in [1.807, 2.05) is 0 Å². The highest BCUT2D eigenvalue weighted by atomic mass is 35.5. The van der Waals surface area contributed by atoms with E-state index < -0.39 is 10.8 Å². The molecule has 0 bridgehead atoms. The van der Waals surface area contributed by atoms with E-state index in [4.69, 9.17) is 27.6 Å². The lowest BCUT2D eigenvalue weighted by molar-refractivity contribution is -0.384.